The number of hydrogen-bond donors (Lipinski definition) is 1. The van der Waals surface area contributed by atoms with Gasteiger partial charge in [0.2, 0.25) is 45.2 Å². The van der Waals surface area contributed by atoms with E-state index in [1.807, 2.05) is 200 Å². The third-order valence-corrected chi connectivity index (χ3v) is 51.8. The number of rotatable bonds is 31. The van der Waals surface area contributed by atoms with Gasteiger partial charge in [0.25, 0.3) is 5.78 Å². The van der Waals surface area contributed by atoms with Crippen LogP contribution in [0.4, 0.5) is 8.78 Å². The van der Waals surface area contributed by atoms with Crippen molar-refractivity contribution < 1.29 is 66.5 Å². The second-order valence-corrected chi connectivity index (χ2v) is 60.3. The molecule has 12 nitrogen and oxygen atoms in total. The van der Waals surface area contributed by atoms with Gasteiger partial charge < -0.3 is 14.6 Å². The summed E-state index contributed by atoms with van der Waals surface area (Å²) in [5.41, 5.74) is 8.74. The number of benzene rings is 9. The number of aliphatic hydroxyl groups excluding tert-OH is 1. The molecule has 0 aromatic heterocycles. The number of halogens is 2. The summed E-state index contributed by atoms with van der Waals surface area (Å²) in [6.45, 7) is 9.97. The summed E-state index contributed by atoms with van der Waals surface area (Å²) in [6, 6.07) is 81.1. The number of ketones is 8. The number of carbonyl (C=O) groups is 9. The standard InChI is InChI=1S/C20H23OS2.C18H25OS.C16H21O2S.C16H21OS.C14H17OS.C13H17O3S.C12H13F2OS.C12H17O2S/c1-20(2,23-14-6-7-15-23)19(21)16-10-12-18(13-11-16)22-17-8-4-3-5-9-17;19-17(15-9-3-1-4-10-15)18(20-13-7-8-14-20)16-11-5-2-6-12-16;1-13-4-6-14(7-5-13)15(17)16(8-9-18-12-16)19-10-2-3-11-19;17-15(14-8-2-1-3-9-14)16(10-4-5-11-16)18-12-6-7-13-18;15-14-12-6-2-1-5-11(12)7-8-13(14)16-9-3-4-10-16;1-16-13(15)8-9-17(2)10-12(14)11-6-4-3-5-7-11;13-12(14,16-8-4-5-9-16)11(15)10-6-2-1-3-7-10;1-2-15(9-8-13)10-12(14)11-6-4-3-5-7-11/h3-5,8-13H,6-7,14-15H2,1-2H3;1,3-4,9-10,16,18H,2,5-8,11-14H2;4-7H,2-3,8-12H2,1H3;1-3,8-9H,4-7,10-13H2;1-2,5-6,13H,3-4,7-10H2;3-7H,8-10H2,1-2H3;1-3,6-7H,4-5,8-9H2;3-7,13H,2,8-10H2,1H3/q8*+1. The molecule has 9 fully saturated rings. The first-order valence-corrected chi connectivity index (χ1v) is 66.4. The molecule has 9 aromatic carbocycles. The summed E-state index contributed by atoms with van der Waals surface area (Å²) in [5.74, 6) is 18.9. The van der Waals surface area contributed by atoms with E-state index in [0.29, 0.717) is 120 Å². The molecule has 0 spiro atoms. The van der Waals surface area contributed by atoms with Crippen molar-refractivity contribution in [2.45, 2.75) is 228 Å². The Labute approximate surface area is 885 Å². The third kappa shape index (κ3) is 33.4. The molecule has 7 saturated heterocycles. The highest BCUT2D eigenvalue weighted by Gasteiger charge is 2.60. The summed E-state index contributed by atoms with van der Waals surface area (Å²) < 4.78 is 37.5. The molecule has 770 valence electrons. The number of esters is 1. The average molecular weight is 2130 g/mol. The van der Waals surface area contributed by atoms with Crippen molar-refractivity contribution in [3.05, 3.63) is 310 Å². The highest BCUT2D eigenvalue weighted by Crippen LogP contribution is 2.45. The predicted molar refractivity (Wildman–Crippen MR) is 615 cm³/mol. The Kier molecular flexibility index (Phi) is 48.1. The van der Waals surface area contributed by atoms with Gasteiger partial charge in [-0.25, -0.2) is 0 Å². The van der Waals surface area contributed by atoms with Gasteiger partial charge in [-0.1, -0.05) is 267 Å². The lowest BCUT2D eigenvalue weighted by Gasteiger charge is -2.27. The van der Waals surface area contributed by atoms with E-state index in [9.17, 15) is 51.9 Å². The van der Waals surface area contributed by atoms with Gasteiger partial charge in [0, 0.05) is 119 Å². The number of fused-ring (bicyclic) bond motifs is 1. The van der Waals surface area contributed by atoms with Gasteiger partial charge >= 0.3 is 11.2 Å². The minimum absolute atomic E-state index is 0.0256. The number of aliphatic hydroxyl groups is 1. The zero-order valence-electron chi connectivity index (χ0n) is 85.7. The largest absolute Gasteiger partial charge is 0.474 e. The summed E-state index contributed by atoms with van der Waals surface area (Å²) in [5, 5.41) is 6.37. The molecule has 23 heteroatoms. The number of ether oxygens (including phenoxy) is 2. The molecule has 10 aliphatic rings. The molecular weight excluding hydrogens is 1970 g/mol. The van der Waals surface area contributed by atoms with Crippen LogP contribution in [0.5, 0.6) is 0 Å². The van der Waals surface area contributed by atoms with Crippen LogP contribution in [0.15, 0.2) is 265 Å². The highest BCUT2D eigenvalue weighted by atomic mass is 32.2. The topological polar surface area (TPSA) is 192 Å². The molecular formula is C121H154F2O12S9+8. The Bertz CT molecular complexity index is 5420. The molecule has 5 atom stereocenters. The maximum Gasteiger partial charge on any atom is 0.474 e. The van der Waals surface area contributed by atoms with Crippen molar-refractivity contribution in [2.24, 2.45) is 5.92 Å². The third-order valence-electron chi connectivity index (χ3n) is 28.9. The van der Waals surface area contributed by atoms with E-state index < -0.39 is 21.9 Å². The first-order chi connectivity index (χ1) is 69.9. The van der Waals surface area contributed by atoms with E-state index in [4.69, 9.17) is 9.84 Å². The van der Waals surface area contributed by atoms with E-state index >= 15 is 0 Å². The second kappa shape index (κ2) is 60.0. The fraction of sp³-hybridized carbons (Fsp3) is 0.479. The van der Waals surface area contributed by atoms with Crippen LogP contribution in [-0.2, 0) is 108 Å². The number of carbonyl (C=O) groups excluding carboxylic acids is 9. The summed E-state index contributed by atoms with van der Waals surface area (Å²) in [7, 11) is 1.88. The van der Waals surface area contributed by atoms with Crippen LogP contribution in [0.2, 0.25) is 0 Å². The molecule has 1 N–H and O–H groups in total. The summed E-state index contributed by atoms with van der Waals surface area (Å²) >= 11 is 1.73. The first kappa shape index (κ1) is 115. The van der Waals surface area contributed by atoms with Gasteiger partial charge in [0.1, 0.15) is 92.9 Å². The molecule has 19 rings (SSSR count). The lowest BCUT2D eigenvalue weighted by atomic mass is 9.84. The Hall–Kier alpha value is -7.26. The van der Waals surface area contributed by atoms with Gasteiger partial charge in [0.05, 0.1) is 43.9 Å². The van der Waals surface area contributed by atoms with Gasteiger partial charge in [-0.3, -0.25) is 43.2 Å². The number of alkyl halides is 2. The average Bonchev–Trinajstić information content (AvgIpc) is 1.62. The number of Topliss-reactive ketones (excluding diaryl/α,β-unsaturated/α-hetero) is 8. The first-order valence-electron chi connectivity index (χ1n) is 52.3. The van der Waals surface area contributed by atoms with E-state index in [1.54, 1.807) is 30.0 Å². The maximum absolute atomic E-state index is 13.9. The molecule has 7 aliphatic heterocycles. The quantitative estimate of drug-likeness (QED) is 0.0245. The lowest BCUT2D eigenvalue weighted by Crippen LogP contribution is -2.48. The smallest absolute Gasteiger partial charge is 0.469 e. The summed E-state index contributed by atoms with van der Waals surface area (Å²) in [4.78, 5) is 113. The van der Waals surface area contributed by atoms with Gasteiger partial charge in [-0.2, -0.15) is 0 Å². The van der Waals surface area contributed by atoms with E-state index in [0.717, 1.165) is 102 Å². The van der Waals surface area contributed by atoms with E-state index in [2.05, 4.69) is 62.8 Å². The van der Waals surface area contributed by atoms with Crippen LogP contribution < -0.4 is 0 Å². The second-order valence-electron chi connectivity index (χ2n) is 39.2. The van der Waals surface area contributed by atoms with E-state index in [1.165, 1.54) is 207 Å². The summed E-state index contributed by atoms with van der Waals surface area (Å²) in [6.07, 6.45) is 31.7. The van der Waals surface area contributed by atoms with Crippen LogP contribution in [0, 0.1) is 12.8 Å². The number of hydrogen-bond acceptors (Lipinski definition) is 13. The molecule has 0 amide bonds. The van der Waals surface area contributed by atoms with Crippen molar-refractivity contribution >= 4 is 151 Å². The fourth-order valence-corrected chi connectivity index (χ4v) is 41.5. The normalized spacial score (nSPS) is 19.8. The Morgan fingerprint density at radius 3 is 1.42 bits per heavy atom. The van der Waals surface area contributed by atoms with E-state index in [-0.39, 0.29) is 87.5 Å². The zero-order chi connectivity index (χ0) is 102. The molecule has 0 bridgehead atoms. The van der Waals surface area contributed by atoms with Crippen LogP contribution >= 0.6 is 11.8 Å². The Balaban J connectivity index is 0.000000147. The number of methoxy groups -OCH3 is 1. The molecule has 7 heterocycles. The minimum atomic E-state index is -3.17. The molecule has 3 aliphatic carbocycles. The highest BCUT2D eigenvalue weighted by molar-refractivity contribution is 8.01. The maximum atomic E-state index is 13.9. The molecule has 9 aromatic rings. The molecule has 144 heavy (non-hydrogen) atoms. The van der Waals surface area contributed by atoms with Gasteiger partial charge in [-0.15, -0.1) is 8.78 Å². The van der Waals surface area contributed by atoms with Crippen molar-refractivity contribution in [1.82, 2.24) is 0 Å². The van der Waals surface area contributed by atoms with Crippen LogP contribution in [0.25, 0.3) is 0 Å². The van der Waals surface area contributed by atoms with Crippen LogP contribution in [-0.4, -0.2) is 218 Å². The minimum Gasteiger partial charge on any atom is -0.469 e. The molecule has 2 saturated carbocycles. The van der Waals surface area contributed by atoms with Crippen LogP contribution in [0.1, 0.15) is 269 Å². The lowest BCUT2D eigenvalue weighted by molar-refractivity contribution is -0.140. The number of aryl methyl sites for hydroxylation is 2. The monoisotopic (exact) mass is 2120 g/mol. The SMILES string of the molecule is CC(C)(C(=O)c1ccc(Sc2ccccc2)cc1)[S+]1CCCC1.CC[S+](CCO)CC(=O)c1ccccc1.COC(=O)CC[S+](C)CC(=O)c1ccccc1.Cc1ccc(C(=O)C2([S+]3CCCC3)CCOC2)cc1.O=C(c1ccccc1)C(C1CCCCC1)[S+]1CCCC1.O=C(c1ccccc1)C(F)(F)[S+]1CCCC1.O=C(c1ccccc1)C1([S+]2CCCC2)CCCC1.O=C1c2ccccc2CCC1[S+]1CCCC1. The van der Waals surface area contributed by atoms with Crippen molar-refractivity contribution in [3.8, 4) is 0 Å². The van der Waals surface area contributed by atoms with Crippen molar-refractivity contribution in [3.63, 3.8) is 0 Å². The predicted octanol–water partition coefficient (Wildman–Crippen LogP) is 24.4. The Morgan fingerprint density at radius 1 is 0.465 bits per heavy atom. The Morgan fingerprint density at radius 2 is 0.903 bits per heavy atom. The van der Waals surface area contributed by atoms with Crippen LogP contribution in [0.3, 0.4) is 0 Å². The van der Waals surface area contributed by atoms with Gasteiger partial charge in [-0.05, 0) is 210 Å². The van der Waals surface area contributed by atoms with Gasteiger partial charge in [0.15, 0.2) is 31.5 Å². The molecule has 5 unspecified atom stereocenters. The van der Waals surface area contributed by atoms with Crippen molar-refractivity contribution in [1.29, 1.82) is 0 Å². The van der Waals surface area contributed by atoms with Crippen molar-refractivity contribution in [2.75, 3.05) is 131 Å². The molecule has 0 radical (unpaired) electrons. The zero-order valence-corrected chi connectivity index (χ0v) is 93.0. The fourth-order valence-electron chi connectivity index (χ4n) is 20.7.